The second-order valence-electron chi connectivity index (χ2n) is 3.25. The van der Waals surface area contributed by atoms with E-state index < -0.39 is 0 Å². The van der Waals surface area contributed by atoms with E-state index in [2.05, 4.69) is 5.32 Å². The molecule has 0 aliphatic heterocycles. The van der Waals surface area contributed by atoms with Crippen molar-refractivity contribution in [1.82, 2.24) is 5.32 Å². The Morgan fingerprint density at radius 2 is 2.33 bits per heavy atom. The Hall–Kier alpha value is -0.610. The molecule has 1 aliphatic rings. The number of nitrogens with one attached hydrogen (secondary N) is 1. The average molecular weight is 172 g/mol. The summed E-state index contributed by atoms with van der Waals surface area (Å²) in [7, 11) is 0. The van der Waals surface area contributed by atoms with Crippen LogP contribution in [-0.4, -0.2) is 30.2 Å². The standard InChI is InChI=1S/C8H16N2O2/c9-4-3-8(12)10-5-7(11)6-1-2-6/h6-7,11H,1-5,9H2,(H,10,12). The van der Waals surface area contributed by atoms with Gasteiger partial charge in [0, 0.05) is 19.5 Å². The Bertz CT molecular complexity index is 157. The quantitative estimate of drug-likeness (QED) is 0.509. The molecule has 4 nitrogen and oxygen atoms in total. The third-order valence-electron chi connectivity index (χ3n) is 2.05. The van der Waals surface area contributed by atoms with Crippen LogP contribution in [0.4, 0.5) is 0 Å². The first-order valence-electron chi connectivity index (χ1n) is 4.39. The van der Waals surface area contributed by atoms with Gasteiger partial charge in [0.15, 0.2) is 0 Å². The smallest absolute Gasteiger partial charge is 0.221 e. The number of rotatable bonds is 5. The first-order valence-corrected chi connectivity index (χ1v) is 4.39. The summed E-state index contributed by atoms with van der Waals surface area (Å²) in [5.41, 5.74) is 5.18. The van der Waals surface area contributed by atoms with Gasteiger partial charge < -0.3 is 16.2 Å². The predicted molar refractivity (Wildman–Crippen MR) is 45.4 cm³/mol. The Labute approximate surface area is 72.1 Å². The lowest BCUT2D eigenvalue weighted by Crippen LogP contribution is -2.34. The van der Waals surface area contributed by atoms with Crippen LogP contribution in [0.25, 0.3) is 0 Å². The van der Waals surface area contributed by atoms with E-state index in [9.17, 15) is 9.90 Å². The Morgan fingerprint density at radius 3 is 2.83 bits per heavy atom. The van der Waals surface area contributed by atoms with E-state index in [1.807, 2.05) is 0 Å². The molecule has 1 rings (SSSR count). The van der Waals surface area contributed by atoms with Gasteiger partial charge in [-0.2, -0.15) is 0 Å². The van der Waals surface area contributed by atoms with E-state index in [4.69, 9.17) is 5.73 Å². The van der Waals surface area contributed by atoms with Crippen LogP contribution in [-0.2, 0) is 4.79 Å². The summed E-state index contributed by atoms with van der Waals surface area (Å²) >= 11 is 0. The van der Waals surface area contributed by atoms with Crippen molar-refractivity contribution >= 4 is 5.91 Å². The molecule has 0 spiro atoms. The first-order chi connectivity index (χ1) is 5.74. The van der Waals surface area contributed by atoms with Gasteiger partial charge in [-0.15, -0.1) is 0 Å². The van der Waals surface area contributed by atoms with Gasteiger partial charge in [-0.1, -0.05) is 0 Å². The molecule has 1 atom stereocenters. The summed E-state index contributed by atoms with van der Waals surface area (Å²) in [6.45, 7) is 0.745. The molecule has 0 bridgehead atoms. The summed E-state index contributed by atoms with van der Waals surface area (Å²) in [6, 6.07) is 0. The van der Waals surface area contributed by atoms with Gasteiger partial charge in [-0.3, -0.25) is 4.79 Å². The zero-order chi connectivity index (χ0) is 8.97. The minimum Gasteiger partial charge on any atom is -0.391 e. The van der Waals surface area contributed by atoms with Gasteiger partial charge >= 0.3 is 0 Å². The van der Waals surface area contributed by atoms with Crippen molar-refractivity contribution in [2.24, 2.45) is 11.7 Å². The van der Waals surface area contributed by atoms with Crippen LogP contribution in [0.2, 0.25) is 0 Å². The highest BCUT2D eigenvalue weighted by atomic mass is 16.3. The number of aliphatic hydroxyl groups is 1. The van der Waals surface area contributed by atoms with Gasteiger partial charge in [-0.25, -0.2) is 0 Å². The van der Waals surface area contributed by atoms with Gasteiger partial charge in [0.2, 0.25) is 5.91 Å². The number of carbonyl (C=O) groups is 1. The maximum atomic E-state index is 10.9. The summed E-state index contributed by atoms with van der Waals surface area (Å²) in [5.74, 6) is 0.348. The highest BCUT2D eigenvalue weighted by Gasteiger charge is 2.29. The molecule has 0 aromatic rings. The highest BCUT2D eigenvalue weighted by molar-refractivity contribution is 5.76. The number of aliphatic hydroxyl groups excluding tert-OH is 1. The van der Waals surface area contributed by atoms with Crippen molar-refractivity contribution < 1.29 is 9.90 Å². The third-order valence-corrected chi connectivity index (χ3v) is 2.05. The van der Waals surface area contributed by atoms with E-state index in [-0.39, 0.29) is 12.0 Å². The van der Waals surface area contributed by atoms with Crippen LogP contribution >= 0.6 is 0 Å². The molecule has 0 heterocycles. The fourth-order valence-electron chi connectivity index (χ4n) is 1.09. The molecule has 4 heteroatoms. The van der Waals surface area contributed by atoms with E-state index in [1.165, 1.54) is 0 Å². The van der Waals surface area contributed by atoms with Gasteiger partial charge in [0.25, 0.3) is 0 Å². The molecule has 1 fully saturated rings. The molecule has 0 aromatic heterocycles. The normalized spacial score (nSPS) is 18.8. The maximum absolute atomic E-state index is 10.9. The second kappa shape index (κ2) is 4.42. The Morgan fingerprint density at radius 1 is 1.67 bits per heavy atom. The molecule has 0 aromatic carbocycles. The number of nitrogens with two attached hydrogens (primary N) is 1. The van der Waals surface area contributed by atoms with Crippen molar-refractivity contribution in [3.63, 3.8) is 0 Å². The molecular formula is C8H16N2O2. The molecule has 12 heavy (non-hydrogen) atoms. The molecule has 1 saturated carbocycles. The van der Waals surface area contributed by atoms with Crippen LogP contribution in [0.5, 0.6) is 0 Å². The van der Waals surface area contributed by atoms with Crippen molar-refractivity contribution in [3.05, 3.63) is 0 Å². The Kier molecular flexibility index (Phi) is 3.49. The van der Waals surface area contributed by atoms with E-state index in [0.717, 1.165) is 12.8 Å². The highest BCUT2D eigenvalue weighted by Crippen LogP contribution is 2.32. The first kappa shape index (κ1) is 9.48. The summed E-state index contributed by atoms with van der Waals surface area (Å²) in [6.07, 6.45) is 2.17. The Balaban J connectivity index is 2.03. The van der Waals surface area contributed by atoms with Gasteiger partial charge in [-0.05, 0) is 18.8 Å². The van der Waals surface area contributed by atoms with E-state index in [1.54, 1.807) is 0 Å². The lowest BCUT2D eigenvalue weighted by atomic mass is 10.2. The molecule has 1 unspecified atom stereocenters. The van der Waals surface area contributed by atoms with Crippen molar-refractivity contribution in [1.29, 1.82) is 0 Å². The van der Waals surface area contributed by atoms with Crippen LogP contribution in [0.1, 0.15) is 19.3 Å². The topological polar surface area (TPSA) is 75.4 Å². The van der Waals surface area contributed by atoms with E-state index >= 15 is 0 Å². The van der Waals surface area contributed by atoms with Crippen molar-refractivity contribution in [3.8, 4) is 0 Å². The number of amides is 1. The monoisotopic (exact) mass is 172 g/mol. The van der Waals surface area contributed by atoms with Crippen LogP contribution < -0.4 is 11.1 Å². The molecule has 1 aliphatic carbocycles. The molecule has 70 valence electrons. The average Bonchev–Trinajstić information content (AvgIpc) is 2.83. The van der Waals surface area contributed by atoms with Crippen LogP contribution in [0.3, 0.4) is 0 Å². The summed E-state index contributed by atoms with van der Waals surface area (Å²) in [5, 5.41) is 12.0. The lowest BCUT2D eigenvalue weighted by Gasteiger charge is -2.09. The zero-order valence-corrected chi connectivity index (χ0v) is 7.12. The summed E-state index contributed by atoms with van der Waals surface area (Å²) in [4.78, 5) is 10.9. The third kappa shape index (κ3) is 3.19. The van der Waals surface area contributed by atoms with Crippen molar-refractivity contribution in [2.75, 3.05) is 13.1 Å². The molecule has 0 saturated heterocycles. The fraction of sp³-hybridized carbons (Fsp3) is 0.875. The molecule has 1 amide bonds. The van der Waals surface area contributed by atoms with Crippen LogP contribution in [0, 0.1) is 5.92 Å². The molecule has 0 radical (unpaired) electrons. The predicted octanol–water partition coefficient (Wildman–Crippen LogP) is -0.778. The fourth-order valence-corrected chi connectivity index (χ4v) is 1.09. The minimum atomic E-state index is -0.355. The number of carbonyl (C=O) groups excluding carboxylic acids is 1. The van der Waals surface area contributed by atoms with Gasteiger partial charge in [0.05, 0.1) is 6.10 Å². The number of hydrogen-bond donors (Lipinski definition) is 3. The minimum absolute atomic E-state index is 0.0720. The van der Waals surface area contributed by atoms with E-state index in [0.29, 0.717) is 25.4 Å². The number of hydrogen-bond acceptors (Lipinski definition) is 3. The maximum Gasteiger partial charge on any atom is 0.221 e. The van der Waals surface area contributed by atoms with Crippen molar-refractivity contribution in [2.45, 2.75) is 25.4 Å². The van der Waals surface area contributed by atoms with Gasteiger partial charge in [0.1, 0.15) is 0 Å². The molecule has 4 N–H and O–H groups in total. The largest absolute Gasteiger partial charge is 0.391 e. The van der Waals surface area contributed by atoms with Crippen LogP contribution in [0.15, 0.2) is 0 Å². The molecular weight excluding hydrogens is 156 g/mol. The summed E-state index contributed by atoms with van der Waals surface area (Å²) < 4.78 is 0. The second-order valence-corrected chi connectivity index (χ2v) is 3.25. The SMILES string of the molecule is NCCC(=O)NCC(O)C1CC1. The lowest BCUT2D eigenvalue weighted by molar-refractivity contribution is -0.121. The zero-order valence-electron chi connectivity index (χ0n) is 7.12.